The summed E-state index contributed by atoms with van der Waals surface area (Å²) in [5.41, 5.74) is 1.78. The van der Waals surface area contributed by atoms with E-state index in [0.29, 0.717) is 10.8 Å². The summed E-state index contributed by atoms with van der Waals surface area (Å²) in [5, 5.41) is 7.79. The quantitative estimate of drug-likeness (QED) is 0.524. The van der Waals surface area contributed by atoms with Crippen molar-refractivity contribution in [2.24, 2.45) is 16.2 Å². The molecule has 0 saturated heterocycles. The van der Waals surface area contributed by atoms with Crippen molar-refractivity contribution in [2.45, 2.75) is 19.9 Å². The van der Waals surface area contributed by atoms with Crippen molar-refractivity contribution in [3.63, 3.8) is 0 Å². The van der Waals surface area contributed by atoms with Gasteiger partial charge in [-0.2, -0.15) is 5.11 Å². The molecular formula is C10H13BrClN3O. The number of benzene rings is 1. The SMILES string of the molecule is COc1c(C(C)N=NN)cc(Cl)c(C)c1Br. The second kappa shape index (κ2) is 5.50. The van der Waals surface area contributed by atoms with Crippen LogP contribution < -0.4 is 10.6 Å². The highest BCUT2D eigenvalue weighted by atomic mass is 79.9. The van der Waals surface area contributed by atoms with Crippen LogP contribution in [0.25, 0.3) is 0 Å². The second-order valence-corrected chi connectivity index (χ2v) is 4.53. The summed E-state index contributed by atoms with van der Waals surface area (Å²) in [7, 11) is 1.60. The summed E-state index contributed by atoms with van der Waals surface area (Å²) < 4.78 is 6.16. The van der Waals surface area contributed by atoms with Crippen molar-refractivity contribution < 1.29 is 4.74 Å². The summed E-state index contributed by atoms with van der Waals surface area (Å²) in [6, 6.07) is 1.62. The molecule has 1 aromatic carbocycles. The number of methoxy groups -OCH3 is 1. The molecule has 1 rings (SSSR count). The van der Waals surface area contributed by atoms with Gasteiger partial charge in [0.1, 0.15) is 5.75 Å². The minimum absolute atomic E-state index is 0.200. The van der Waals surface area contributed by atoms with Gasteiger partial charge in [0.2, 0.25) is 0 Å². The zero-order valence-electron chi connectivity index (χ0n) is 9.29. The topological polar surface area (TPSA) is 60.0 Å². The van der Waals surface area contributed by atoms with Crippen molar-refractivity contribution >= 4 is 27.5 Å². The van der Waals surface area contributed by atoms with Crippen LogP contribution in [0.4, 0.5) is 0 Å². The van der Waals surface area contributed by atoms with Gasteiger partial charge in [-0.25, -0.2) is 0 Å². The van der Waals surface area contributed by atoms with Crippen molar-refractivity contribution in [1.29, 1.82) is 0 Å². The lowest BCUT2D eigenvalue weighted by Crippen LogP contribution is -1.99. The van der Waals surface area contributed by atoms with Gasteiger partial charge < -0.3 is 10.6 Å². The third-order valence-corrected chi connectivity index (χ3v) is 3.67. The molecule has 0 bridgehead atoms. The predicted molar refractivity (Wildman–Crippen MR) is 67.9 cm³/mol. The molecule has 1 aromatic rings. The van der Waals surface area contributed by atoms with Crippen LogP contribution in [-0.2, 0) is 0 Å². The fraction of sp³-hybridized carbons (Fsp3) is 0.400. The molecule has 0 aliphatic heterocycles. The molecule has 0 heterocycles. The van der Waals surface area contributed by atoms with Crippen molar-refractivity contribution in [3.8, 4) is 5.75 Å². The van der Waals surface area contributed by atoms with Crippen LogP contribution in [0, 0.1) is 6.92 Å². The lowest BCUT2D eigenvalue weighted by Gasteiger charge is -2.15. The summed E-state index contributed by atoms with van der Waals surface area (Å²) in [5.74, 6) is 5.75. The summed E-state index contributed by atoms with van der Waals surface area (Å²) >= 11 is 9.55. The molecular weight excluding hydrogens is 293 g/mol. The van der Waals surface area contributed by atoms with Gasteiger partial charge in [0.25, 0.3) is 0 Å². The largest absolute Gasteiger partial charge is 0.495 e. The Bertz CT molecular complexity index is 423. The Hall–Kier alpha value is -0.810. The standard InChI is InChI=1S/C10H13BrClN3O/c1-5-8(12)4-7(6(2)14-15-13)10(16-3)9(5)11/h4,6H,1-3H3,(H2,13,14). The van der Waals surface area contributed by atoms with Crippen LogP contribution in [-0.4, -0.2) is 7.11 Å². The molecule has 1 atom stereocenters. The van der Waals surface area contributed by atoms with Gasteiger partial charge in [0.15, 0.2) is 0 Å². The summed E-state index contributed by atoms with van der Waals surface area (Å²) in [4.78, 5) is 0. The highest BCUT2D eigenvalue weighted by molar-refractivity contribution is 9.10. The van der Waals surface area contributed by atoms with Gasteiger partial charge in [-0.3, -0.25) is 0 Å². The smallest absolute Gasteiger partial charge is 0.138 e. The highest BCUT2D eigenvalue weighted by Gasteiger charge is 2.17. The molecule has 2 N–H and O–H groups in total. The van der Waals surface area contributed by atoms with E-state index in [-0.39, 0.29) is 6.04 Å². The Balaban J connectivity index is 3.38. The van der Waals surface area contributed by atoms with Gasteiger partial charge in [-0.15, -0.1) is 0 Å². The molecule has 6 heteroatoms. The van der Waals surface area contributed by atoms with Crippen LogP contribution in [0.1, 0.15) is 24.1 Å². The fourth-order valence-corrected chi connectivity index (χ4v) is 2.32. The second-order valence-electron chi connectivity index (χ2n) is 3.33. The molecule has 0 radical (unpaired) electrons. The summed E-state index contributed by atoms with van der Waals surface area (Å²) in [6.07, 6.45) is 0. The van der Waals surface area contributed by atoms with Crippen LogP contribution in [0.15, 0.2) is 20.9 Å². The first-order chi connectivity index (χ1) is 7.52. The van der Waals surface area contributed by atoms with E-state index < -0.39 is 0 Å². The molecule has 0 aromatic heterocycles. The Morgan fingerprint density at radius 1 is 1.56 bits per heavy atom. The average molecular weight is 307 g/mol. The predicted octanol–water partition coefficient (Wildman–Crippen LogP) is 3.81. The Morgan fingerprint density at radius 2 is 2.19 bits per heavy atom. The monoisotopic (exact) mass is 305 g/mol. The molecule has 0 aliphatic carbocycles. The number of hydrogen-bond donors (Lipinski definition) is 1. The van der Waals surface area contributed by atoms with Crippen LogP contribution in [0.3, 0.4) is 0 Å². The number of nitrogens with two attached hydrogens (primary N) is 1. The number of rotatable bonds is 3. The average Bonchev–Trinajstić information content (AvgIpc) is 2.26. The molecule has 0 amide bonds. The molecule has 0 spiro atoms. The van der Waals surface area contributed by atoms with Crippen LogP contribution in [0.2, 0.25) is 5.02 Å². The third kappa shape index (κ3) is 2.47. The molecule has 16 heavy (non-hydrogen) atoms. The van der Waals surface area contributed by atoms with Gasteiger partial charge in [0, 0.05) is 10.6 Å². The van der Waals surface area contributed by atoms with Crippen LogP contribution in [0.5, 0.6) is 5.75 Å². The highest BCUT2D eigenvalue weighted by Crippen LogP contribution is 2.40. The minimum Gasteiger partial charge on any atom is -0.495 e. The van der Waals surface area contributed by atoms with Crippen molar-refractivity contribution in [3.05, 3.63) is 26.7 Å². The Labute approximate surface area is 108 Å². The van der Waals surface area contributed by atoms with E-state index >= 15 is 0 Å². The van der Waals surface area contributed by atoms with E-state index in [1.54, 1.807) is 7.11 Å². The molecule has 0 fully saturated rings. The molecule has 1 unspecified atom stereocenters. The van der Waals surface area contributed by atoms with Gasteiger partial charge in [-0.05, 0) is 41.4 Å². The normalized spacial score (nSPS) is 13.1. The first kappa shape index (κ1) is 13.3. The van der Waals surface area contributed by atoms with E-state index in [1.165, 1.54) is 0 Å². The van der Waals surface area contributed by atoms with E-state index in [2.05, 4.69) is 26.3 Å². The lowest BCUT2D eigenvalue weighted by atomic mass is 10.1. The third-order valence-electron chi connectivity index (χ3n) is 2.33. The maximum atomic E-state index is 6.10. The number of nitrogens with zero attached hydrogens (tertiary/aromatic N) is 2. The molecule has 0 saturated carbocycles. The van der Waals surface area contributed by atoms with Gasteiger partial charge in [0.05, 0.1) is 17.6 Å². The summed E-state index contributed by atoms with van der Waals surface area (Å²) in [6.45, 7) is 3.78. The Morgan fingerprint density at radius 3 is 2.69 bits per heavy atom. The number of halogens is 2. The fourth-order valence-electron chi connectivity index (χ4n) is 1.39. The van der Waals surface area contributed by atoms with E-state index in [0.717, 1.165) is 15.6 Å². The van der Waals surface area contributed by atoms with Gasteiger partial charge in [-0.1, -0.05) is 16.8 Å². The van der Waals surface area contributed by atoms with Crippen LogP contribution >= 0.6 is 27.5 Å². The first-order valence-electron chi connectivity index (χ1n) is 4.65. The zero-order valence-corrected chi connectivity index (χ0v) is 11.6. The van der Waals surface area contributed by atoms with E-state index in [4.69, 9.17) is 22.2 Å². The molecule has 88 valence electrons. The van der Waals surface area contributed by atoms with E-state index in [9.17, 15) is 0 Å². The minimum atomic E-state index is -0.200. The van der Waals surface area contributed by atoms with Crippen molar-refractivity contribution in [1.82, 2.24) is 0 Å². The first-order valence-corrected chi connectivity index (χ1v) is 5.82. The number of ether oxygens (including phenoxy) is 1. The van der Waals surface area contributed by atoms with E-state index in [1.807, 2.05) is 19.9 Å². The molecule has 4 nitrogen and oxygen atoms in total. The maximum Gasteiger partial charge on any atom is 0.138 e. The zero-order chi connectivity index (χ0) is 12.3. The van der Waals surface area contributed by atoms with Gasteiger partial charge >= 0.3 is 0 Å². The van der Waals surface area contributed by atoms with Crippen molar-refractivity contribution in [2.75, 3.05) is 7.11 Å². The Kier molecular flexibility index (Phi) is 4.56. The number of hydrogen-bond acceptors (Lipinski definition) is 3. The maximum absolute atomic E-state index is 6.10. The molecule has 0 aliphatic rings. The lowest BCUT2D eigenvalue weighted by molar-refractivity contribution is 0.403.